The molecule has 3 unspecified atom stereocenters. The summed E-state index contributed by atoms with van der Waals surface area (Å²) >= 11 is 0. The second-order valence-electron chi connectivity index (χ2n) is 4.46. The summed E-state index contributed by atoms with van der Waals surface area (Å²) in [6.07, 6.45) is 4.41. The van der Waals surface area contributed by atoms with Crippen LogP contribution in [0.15, 0.2) is 0 Å². The van der Waals surface area contributed by atoms with Crippen molar-refractivity contribution in [2.45, 2.75) is 50.8 Å². The first-order valence-corrected chi connectivity index (χ1v) is 5.83. The number of amides is 1. The summed E-state index contributed by atoms with van der Waals surface area (Å²) in [5.74, 6) is 0.277. The van der Waals surface area contributed by atoms with E-state index < -0.39 is 0 Å². The van der Waals surface area contributed by atoms with Crippen LogP contribution in [0.5, 0.6) is 0 Å². The average Bonchev–Trinajstić information content (AvgIpc) is 2.83. The Morgan fingerprint density at radius 3 is 2.87 bits per heavy atom. The monoisotopic (exact) mass is 212 g/mol. The van der Waals surface area contributed by atoms with Gasteiger partial charge < -0.3 is 9.64 Å². The number of rotatable bonds is 3. The number of methoxy groups -OCH3 is 1. The molecule has 2 aliphatic rings. The zero-order chi connectivity index (χ0) is 10.8. The van der Waals surface area contributed by atoms with Gasteiger partial charge in [0.15, 0.2) is 0 Å². The Bertz CT molecular complexity index is 245. The lowest BCUT2D eigenvalue weighted by atomic mass is 10.2. The standard InChI is InChI=1S/C11H20N2O2/c1-3-10-11(14)13(7-12-10)8-4-5-9(6-8)15-2/h8-10,12H,3-7H2,1-2H3. The van der Waals surface area contributed by atoms with Crippen LogP contribution in [0.25, 0.3) is 0 Å². The molecular formula is C11H20N2O2. The SMILES string of the molecule is CCC1NCN(C2CCC(OC)C2)C1=O. The van der Waals surface area contributed by atoms with E-state index >= 15 is 0 Å². The van der Waals surface area contributed by atoms with E-state index in [4.69, 9.17) is 4.74 Å². The Morgan fingerprint density at radius 1 is 1.53 bits per heavy atom. The van der Waals surface area contributed by atoms with Crippen molar-refractivity contribution < 1.29 is 9.53 Å². The fourth-order valence-electron chi connectivity index (χ4n) is 2.62. The molecule has 3 atom stereocenters. The van der Waals surface area contributed by atoms with Crippen LogP contribution in [-0.4, -0.2) is 42.8 Å². The Balaban J connectivity index is 1.93. The normalized spacial score (nSPS) is 36.5. The maximum absolute atomic E-state index is 11.9. The lowest BCUT2D eigenvalue weighted by Crippen LogP contribution is -2.37. The molecule has 1 saturated carbocycles. The first kappa shape index (κ1) is 10.9. The summed E-state index contributed by atoms with van der Waals surface area (Å²) in [5, 5.41) is 3.25. The van der Waals surface area contributed by atoms with Crippen molar-refractivity contribution in [3.05, 3.63) is 0 Å². The Morgan fingerprint density at radius 2 is 2.33 bits per heavy atom. The van der Waals surface area contributed by atoms with Crippen molar-refractivity contribution >= 4 is 5.91 Å². The number of hydrogen-bond donors (Lipinski definition) is 1. The summed E-state index contributed by atoms with van der Waals surface area (Å²) in [6, 6.07) is 0.443. The lowest BCUT2D eigenvalue weighted by Gasteiger charge is -2.23. The first-order valence-electron chi connectivity index (χ1n) is 5.83. The molecule has 0 aromatic heterocycles. The highest BCUT2D eigenvalue weighted by atomic mass is 16.5. The molecule has 0 bridgehead atoms. The van der Waals surface area contributed by atoms with Gasteiger partial charge in [0.05, 0.1) is 18.8 Å². The van der Waals surface area contributed by atoms with Gasteiger partial charge in [0, 0.05) is 13.2 Å². The Hall–Kier alpha value is -0.610. The number of hydrogen-bond acceptors (Lipinski definition) is 3. The van der Waals surface area contributed by atoms with Gasteiger partial charge >= 0.3 is 0 Å². The maximum atomic E-state index is 11.9. The number of carbonyl (C=O) groups is 1. The molecule has 0 aromatic carbocycles. The van der Waals surface area contributed by atoms with E-state index in [2.05, 4.69) is 5.32 Å². The molecule has 86 valence electrons. The third kappa shape index (κ3) is 2.01. The number of ether oxygens (including phenoxy) is 1. The molecule has 1 N–H and O–H groups in total. The van der Waals surface area contributed by atoms with Gasteiger partial charge in [-0.05, 0) is 25.7 Å². The van der Waals surface area contributed by atoms with Gasteiger partial charge in [0.1, 0.15) is 0 Å². The van der Waals surface area contributed by atoms with Gasteiger partial charge in [-0.1, -0.05) is 6.92 Å². The summed E-state index contributed by atoms with van der Waals surface area (Å²) in [5.41, 5.74) is 0. The van der Waals surface area contributed by atoms with E-state index in [1.54, 1.807) is 7.11 Å². The summed E-state index contributed by atoms with van der Waals surface area (Å²) in [7, 11) is 1.76. The molecule has 1 aliphatic heterocycles. The van der Waals surface area contributed by atoms with Gasteiger partial charge in [-0.2, -0.15) is 0 Å². The smallest absolute Gasteiger partial charge is 0.241 e. The van der Waals surface area contributed by atoms with Crippen molar-refractivity contribution in [1.82, 2.24) is 10.2 Å². The third-order valence-corrected chi connectivity index (χ3v) is 3.63. The van der Waals surface area contributed by atoms with Crippen molar-refractivity contribution in [3.63, 3.8) is 0 Å². The third-order valence-electron chi connectivity index (χ3n) is 3.63. The molecule has 2 rings (SSSR count). The molecule has 1 amide bonds. The summed E-state index contributed by atoms with van der Waals surface area (Å²) in [6.45, 7) is 2.77. The molecule has 1 aliphatic carbocycles. The van der Waals surface area contributed by atoms with Crippen molar-refractivity contribution in [1.29, 1.82) is 0 Å². The molecule has 1 saturated heterocycles. The van der Waals surface area contributed by atoms with Crippen molar-refractivity contribution in [3.8, 4) is 0 Å². The van der Waals surface area contributed by atoms with E-state index in [1.807, 2.05) is 11.8 Å². The van der Waals surface area contributed by atoms with Crippen LogP contribution in [0.1, 0.15) is 32.6 Å². The Labute approximate surface area is 91.0 Å². The highest BCUT2D eigenvalue weighted by Crippen LogP contribution is 2.27. The quantitative estimate of drug-likeness (QED) is 0.749. The van der Waals surface area contributed by atoms with Crippen LogP contribution in [0, 0.1) is 0 Å². The minimum atomic E-state index is 0.0478. The fourth-order valence-corrected chi connectivity index (χ4v) is 2.62. The molecule has 4 heteroatoms. The van der Waals surface area contributed by atoms with Crippen LogP contribution in [0.2, 0.25) is 0 Å². The molecule has 15 heavy (non-hydrogen) atoms. The molecule has 0 spiro atoms. The van der Waals surface area contributed by atoms with E-state index in [0.717, 1.165) is 32.4 Å². The molecule has 1 heterocycles. The summed E-state index contributed by atoms with van der Waals surface area (Å²) < 4.78 is 5.33. The molecule has 2 fully saturated rings. The minimum absolute atomic E-state index is 0.0478. The molecular weight excluding hydrogens is 192 g/mol. The first-order chi connectivity index (χ1) is 7.26. The van der Waals surface area contributed by atoms with Crippen LogP contribution in [0.3, 0.4) is 0 Å². The zero-order valence-corrected chi connectivity index (χ0v) is 9.53. The zero-order valence-electron chi connectivity index (χ0n) is 9.53. The van der Waals surface area contributed by atoms with Crippen LogP contribution in [-0.2, 0) is 9.53 Å². The van der Waals surface area contributed by atoms with Gasteiger partial charge in [-0.3, -0.25) is 10.1 Å². The maximum Gasteiger partial charge on any atom is 0.241 e. The number of carbonyl (C=O) groups excluding carboxylic acids is 1. The predicted octanol–water partition coefficient (Wildman–Crippen LogP) is 0.722. The lowest BCUT2D eigenvalue weighted by molar-refractivity contribution is -0.130. The second kappa shape index (κ2) is 4.49. The molecule has 0 radical (unpaired) electrons. The second-order valence-corrected chi connectivity index (χ2v) is 4.46. The largest absolute Gasteiger partial charge is 0.381 e. The minimum Gasteiger partial charge on any atom is -0.381 e. The van der Waals surface area contributed by atoms with E-state index in [9.17, 15) is 4.79 Å². The summed E-state index contributed by atoms with van der Waals surface area (Å²) in [4.78, 5) is 13.9. The fraction of sp³-hybridized carbons (Fsp3) is 0.909. The van der Waals surface area contributed by atoms with E-state index in [0.29, 0.717) is 12.1 Å². The topological polar surface area (TPSA) is 41.6 Å². The van der Waals surface area contributed by atoms with Crippen molar-refractivity contribution in [2.24, 2.45) is 0 Å². The van der Waals surface area contributed by atoms with Gasteiger partial charge in [0.25, 0.3) is 0 Å². The molecule has 0 aromatic rings. The van der Waals surface area contributed by atoms with E-state index in [-0.39, 0.29) is 11.9 Å². The number of nitrogens with zero attached hydrogens (tertiary/aromatic N) is 1. The molecule has 4 nitrogen and oxygen atoms in total. The highest BCUT2D eigenvalue weighted by molar-refractivity contribution is 5.84. The van der Waals surface area contributed by atoms with Crippen molar-refractivity contribution in [2.75, 3.05) is 13.8 Å². The van der Waals surface area contributed by atoms with Crippen LogP contribution in [0.4, 0.5) is 0 Å². The average molecular weight is 212 g/mol. The van der Waals surface area contributed by atoms with Gasteiger partial charge in [0.2, 0.25) is 5.91 Å². The van der Waals surface area contributed by atoms with E-state index in [1.165, 1.54) is 0 Å². The predicted molar refractivity (Wildman–Crippen MR) is 57.4 cm³/mol. The van der Waals surface area contributed by atoms with Gasteiger partial charge in [-0.25, -0.2) is 0 Å². The highest BCUT2D eigenvalue weighted by Gasteiger charge is 2.37. The Kier molecular flexibility index (Phi) is 3.26. The van der Waals surface area contributed by atoms with Crippen LogP contribution < -0.4 is 5.32 Å². The van der Waals surface area contributed by atoms with Crippen LogP contribution >= 0.6 is 0 Å². The number of nitrogens with one attached hydrogen (secondary N) is 1. The van der Waals surface area contributed by atoms with Gasteiger partial charge in [-0.15, -0.1) is 0 Å².